The Morgan fingerprint density at radius 2 is 2.11 bits per heavy atom. The topological polar surface area (TPSA) is 143 Å². The van der Waals surface area contributed by atoms with E-state index in [-0.39, 0.29) is 30.8 Å². The quantitative estimate of drug-likeness (QED) is 0.421. The Balaban J connectivity index is 2.16. The Morgan fingerprint density at radius 1 is 1.39 bits per heavy atom. The molecule has 1 aromatic carbocycles. The fraction of sp³-hybridized carbons (Fsp3) is 0.529. The molecule has 0 radical (unpaired) electrons. The predicted molar refractivity (Wildman–Crippen MR) is 94.1 cm³/mol. The van der Waals surface area contributed by atoms with Gasteiger partial charge >= 0.3 is 5.97 Å². The summed E-state index contributed by atoms with van der Waals surface area (Å²) in [5.74, 6) is -2.00. The van der Waals surface area contributed by atoms with Gasteiger partial charge in [0, 0.05) is 25.1 Å². The third-order valence-electron chi connectivity index (χ3n) is 4.21. The molecule has 11 heteroatoms. The van der Waals surface area contributed by atoms with Gasteiger partial charge in [-0.2, -0.15) is 0 Å². The highest BCUT2D eigenvalue weighted by atomic mass is 19.3. The number of ether oxygens (including phenoxy) is 2. The molecule has 2 rings (SSSR count). The van der Waals surface area contributed by atoms with Gasteiger partial charge in [-0.05, 0) is 25.2 Å². The number of nitrogens with one attached hydrogen (secondary N) is 2. The number of carboxylic acids is 1. The first-order valence-corrected chi connectivity index (χ1v) is 8.58. The Labute approximate surface area is 159 Å². The minimum absolute atomic E-state index is 0.0251. The Kier molecular flexibility index (Phi) is 7.63. The summed E-state index contributed by atoms with van der Waals surface area (Å²) < 4.78 is 37.5. The normalized spacial score (nSPS) is 23.3. The van der Waals surface area contributed by atoms with E-state index in [2.05, 4.69) is 10.6 Å². The van der Waals surface area contributed by atoms with Gasteiger partial charge in [0.1, 0.15) is 5.75 Å². The lowest BCUT2D eigenvalue weighted by Gasteiger charge is -2.31. The Morgan fingerprint density at radius 3 is 2.68 bits per heavy atom. The third-order valence-corrected chi connectivity index (χ3v) is 4.21. The van der Waals surface area contributed by atoms with Crippen LogP contribution in [0.5, 0.6) is 5.75 Å². The maximum atomic E-state index is 13.5. The van der Waals surface area contributed by atoms with Gasteiger partial charge in [-0.3, -0.25) is 4.79 Å². The molecule has 1 amide bonds. The number of anilines is 1. The summed E-state index contributed by atoms with van der Waals surface area (Å²) in [5, 5.41) is 24.0. The van der Waals surface area contributed by atoms with E-state index < -0.39 is 48.4 Å². The largest absolute Gasteiger partial charge is 0.479 e. The van der Waals surface area contributed by atoms with Crippen LogP contribution in [0, 0.1) is 0 Å². The molecule has 1 aliphatic heterocycles. The molecule has 0 bridgehead atoms. The molecule has 0 aliphatic carbocycles. The van der Waals surface area contributed by atoms with E-state index in [1.54, 1.807) is 7.05 Å². The van der Waals surface area contributed by atoms with Gasteiger partial charge in [-0.25, -0.2) is 13.6 Å². The number of aliphatic hydroxyl groups excluding tert-OH is 1. The van der Waals surface area contributed by atoms with Gasteiger partial charge in [0.25, 0.3) is 6.43 Å². The van der Waals surface area contributed by atoms with E-state index >= 15 is 0 Å². The molecule has 1 aromatic rings. The average molecular weight is 403 g/mol. The van der Waals surface area contributed by atoms with Crippen LogP contribution >= 0.6 is 0 Å². The van der Waals surface area contributed by atoms with Crippen molar-refractivity contribution in [3.8, 4) is 5.75 Å². The summed E-state index contributed by atoms with van der Waals surface area (Å²) in [4.78, 5) is 23.1. The molecule has 0 spiro atoms. The van der Waals surface area contributed by atoms with E-state index in [0.717, 1.165) is 6.07 Å². The first kappa shape index (κ1) is 22.0. The molecule has 1 aliphatic rings. The molecule has 6 N–H and O–H groups in total. The summed E-state index contributed by atoms with van der Waals surface area (Å²) in [6.45, 7) is 0.0251. The summed E-state index contributed by atoms with van der Waals surface area (Å²) in [6, 6.07) is 2.94. The predicted octanol–water partition coefficient (Wildman–Crippen LogP) is 0.439. The van der Waals surface area contributed by atoms with Crippen molar-refractivity contribution in [3.05, 3.63) is 23.8 Å². The maximum Gasteiger partial charge on any atom is 0.333 e. The molecular weight excluding hydrogens is 380 g/mol. The van der Waals surface area contributed by atoms with Crippen molar-refractivity contribution < 1.29 is 38.1 Å². The lowest BCUT2D eigenvalue weighted by atomic mass is 10.1. The summed E-state index contributed by atoms with van der Waals surface area (Å²) in [5.41, 5.74) is 5.06. The second kappa shape index (κ2) is 9.73. The molecule has 1 saturated heterocycles. The number of rotatable bonds is 8. The van der Waals surface area contributed by atoms with Crippen LogP contribution in [0.2, 0.25) is 0 Å². The zero-order valence-corrected chi connectivity index (χ0v) is 15.1. The molecule has 0 aromatic heterocycles. The smallest absolute Gasteiger partial charge is 0.333 e. The molecule has 28 heavy (non-hydrogen) atoms. The third kappa shape index (κ3) is 5.58. The number of carboxylic acid groups (broad SMARTS) is 1. The lowest BCUT2D eigenvalue weighted by Crippen LogP contribution is -2.43. The van der Waals surface area contributed by atoms with Crippen molar-refractivity contribution in [1.82, 2.24) is 5.32 Å². The first-order valence-electron chi connectivity index (χ1n) is 8.58. The Bertz CT molecular complexity index is 701. The summed E-state index contributed by atoms with van der Waals surface area (Å²) >= 11 is 0. The van der Waals surface area contributed by atoms with Gasteiger partial charge in [0.15, 0.2) is 6.10 Å². The number of aliphatic carboxylic acids is 1. The number of carbonyl (C=O) groups is 2. The van der Waals surface area contributed by atoms with E-state index in [0.29, 0.717) is 0 Å². The molecule has 4 atom stereocenters. The highest BCUT2D eigenvalue weighted by molar-refractivity contribution is 5.95. The zero-order valence-electron chi connectivity index (χ0n) is 15.1. The van der Waals surface area contributed by atoms with Crippen molar-refractivity contribution in [2.45, 2.75) is 43.8 Å². The van der Waals surface area contributed by atoms with Crippen molar-refractivity contribution in [2.75, 3.05) is 18.9 Å². The highest BCUT2D eigenvalue weighted by Crippen LogP contribution is 2.34. The lowest BCUT2D eigenvalue weighted by molar-refractivity contribution is -0.195. The van der Waals surface area contributed by atoms with E-state index in [1.165, 1.54) is 12.1 Å². The van der Waals surface area contributed by atoms with Crippen LogP contribution in [0.25, 0.3) is 0 Å². The van der Waals surface area contributed by atoms with Crippen molar-refractivity contribution in [1.29, 1.82) is 0 Å². The minimum atomic E-state index is -2.93. The fourth-order valence-electron chi connectivity index (χ4n) is 2.73. The number of alkyl halides is 2. The molecule has 4 unspecified atom stereocenters. The number of hydrogen-bond acceptors (Lipinski definition) is 7. The average Bonchev–Trinajstić information content (AvgIpc) is 2.63. The van der Waals surface area contributed by atoms with Crippen LogP contribution in [0.1, 0.15) is 24.8 Å². The fourth-order valence-corrected chi connectivity index (χ4v) is 2.73. The van der Waals surface area contributed by atoms with Crippen molar-refractivity contribution >= 4 is 17.6 Å². The molecular formula is C17H23F2N3O6. The number of hydrogen-bond donors (Lipinski definition) is 5. The molecule has 0 saturated carbocycles. The van der Waals surface area contributed by atoms with Gasteiger partial charge in [0.05, 0.1) is 17.7 Å². The number of aliphatic hydroxyl groups is 1. The second-order valence-corrected chi connectivity index (χ2v) is 6.26. The van der Waals surface area contributed by atoms with Gasteiger partial charge in [0.2, 0.25) is 12.2 Å². The molecule has 1 fully saturated rings. The van der Waals surface area contributed by atoms with Gasteiger partial charge in [-0.1, -0.05) is 0 Å². The number of amides is 1. The van der Waals surface area contributed by atoms with Gasteiger partial charge in [-0.15, -0.1) is 0 Å². The maximum absolute atomic E-state index is 13.5. The van der Waals surface area contributed by atoms with E-state index in [9.17, 15) is 23.5 Å². The number of halogens is 2. The SMILES string of the molecule is CNC(CN)C(=O)Nc1ccc(OC2CC(O)CC(C(=O)O)O2)c(C(F)F)c1. The van der Waals surface area contributed by atoms with Crippen molar-refractivity contribution in [2.24, 2.45) is 5.73 Å². The first-order chi connectivity index (χ1) is 13.2. The molecule has 1 heterocycles. The van der Waals surface area contributed by atoms with E-state index in [4.69, 9.17) is 20.3 Å². The number of likely N-dealkylation sites (N-methyl/N-ethyl adjacent to an activating group) is 1. The van der Waals surface area contributed by atoms with Crippen LogP contribution in [0.3, 0.4) is 0 Å². The standard InChI is InChI=1S/C17H23F2N3O6/c1-21-11(7-20)16(24)22-8-2-3-12(10(4-8)15(18)19)27-14-6-9(23)5-13(28-14)17(25)26/h2-4,9,11,13-15,21,23H,5-7,20H2,1H3,(H,22,24)(H,25,26). The van der Waals surface area contributed by atoms with Crippen molar-refractivity contribution in [3.63, 3.8) is 0 Å². The summed E-state index contributed by atoms with van der Waals surface area (Å²) in [6.07, 6.45) is -6.60. The monoisotopic (exact) mass is 403 g/mol. The number of carbonyl (C=O) groups excluding carboxylic acids is 1. The number of benzene rings is 1. The van der Waals surface area contributed by atoms with Crippen LogP contribution in [0.15, 0.2) is 18.2 Å². The van der Waals surface area contributed by atoms with Crippen LogP contribution in [0.4, 0.5) is 14.5 Å². The van der Waals surface area contributed by atoms with Gasteiger partial charge < -0.3 is 36.1 Å². The van der Waals surface area contributed by atoms with Crippen LogP contribution < -0.4 is 21.1 Å². The molecule has 9 nitrogen and oxygen atoms in total. The Hall–Kier alpha value is -2.34. The number of nitrogens with two attached hydrogens (primary N) is 1. The summed E-state index contributed by atoms with van der Waals surface area (Å²) in [7, 11) is 1.54. The van der Waals surface area contributed by atoms with Crippen LogP contribution in [-0.2, 0) is 14.3 Å². The highest BCUT2D eigenvalue weighted by Gasteiger charge is 2.34. The molecule has 156 valence electrons. The van der Waals surface area contributed by atoms with E-state index in [1.807, 2.05) is 0 Å². The zero-order chi connectivity index (χ0) is 20.8. The minimum Gasteiger partial charge on any atom is -0.479 e. The second-order valence-electron chi connectivity index (χ2n) is 6.26. The van der Waals surface area contributed by atoms with Crippen LogP contribution in [-0.4, -0.2) is 60.2 Å².